The molecule has 2 heterocycles. The number of aromatic nitrogens is 2. The number of carboxylic acids is 1. The number of carboxylic acid groups (broad SMARTS) is 1. The number of hydrogen-bond acceptors (Lipinski definition) is 5. The standard InChI is InChI=1S/C24H20F3N3O4/c1-12-21(31)18-8-15(25)7-17(13(2)29-19-6-4-3-5-16(19)24(32)33)23(18)34-22(12)14-9-28-30(10-14)11-20(26)27/h3-10,13,20,29H,11H2,1-2H3,(H,32,33)/t13-/m1/s1. The summed E-state index contributed by atoms with van der Waals surface area (Å²) in [5, 5.41) is 16.4. The fourth-order valence-corrected chi connectivity index (χ4v) is 3.81. The molecule has 0 amide bonds. The largest absolute Gasteiger partial charge is 0.478 e. The lowest BCUT2D eigenvalue weighted by molar-refractivity contribution is 0.0697. The van der Waals surface area contributed by atoms with Gasteiger partial charge >= 0.3 is 5.97 Å². The molecule has 0 saturated carbocycles. The van der Waals surface area contributed by atoms with Crippen LogP contribution >= 0.6 is 0 Å². The number of nitrogens with one attached hydrogen (secondary N) is 1. The van der Waals surface area contributed by atoms with Gasteiger partial charge in [-0.2, -0.15) is 5.10 Å². The van der Waals surface area contributed by atoms with Crippen LogP contribution in [0.15, 0.2) is 58.0 Å². The van der Waals surface area contributed by atoms with Crippen molar-refractivity contribution >= 4 is 22.6 Å². The van der Waals surface area contributed by atoms with Gasteiger partial charge in [0.2, 0.25) is 0 Å². The molecule has 0 bridgehead atoms. The highest BCUT2D eigenvalue weighted by molar-refractivity contribution is 5.94. The Labute approximate surface area is 191 Å². The number of hydrogen-bond donors (Lipinski definition) is 2. The Morgan fingerprint density at radius 1 is 1.26 bits per heavy atom. The number of benzene rings is 2. The molecule has 4 rings (SSSR count). The maximum absolute atomic E-state index is 14.5. The van der Waals surface area contributed by atoms with Gasteiger partial charge in [-0.15, -0.1) is 0 Å². The second kappa shape index (κ2) is 9.05. The van der Waals surface area contributed by atoms with Crippen LogP contribution in [0.1, 0.15) is 34.5 Å². The molecular formula is C24H20F3N3O4. The Bertz CT molecular complexity index is 1450. The molecule has 1 atom stereocenters. The summed E-state index contributed by atoms with van der Waals surface area (Å²) in [6.45, 7) is 2.56. The monoisotopic (exact) mass is 471 g/mol. The number of aromatic carboxylic acids is 1. The summed E-state index contributed by atoms with van der Waals surface area (Å²) in [6.07, 6.45) is 0.0534. The molecule has 7 nitrogen and oxygen atoms in total. The van der Waals surface area contributed by atoms with E-state index in [0.717, 1.165) is 10.7 Å². The predicted octanol–water partition coefficient (Wildman–Crippen LogP) is 5.24. The first-order valence-electron chi connectivity index (χ1n) is 10.3. The topological polar surface area (TPSA) is 97.4 Å². The minimum Gasteiger partial charge on any atom is -0.478 e. The molecule has 10 heteroatoms. The molecule has 2 aromatic carbocycles. The fourth-order valence-electron chi connectivity index (χ4n) is 3.81. The van der Waals surface area contributed by atoms with Crippen molar-refractivity contribution in [1.29, 1.82) is 0 Å². The zero-order valence-corrected chi connectivity index (χ0v) is 18.2. The van der Waals surface area contributed by atoms with Crippen LogP contribution in [-0.2, 0) is 6.54 Å². The lowest BCUT2D eigenvalue weighted by atomic mass is 10.0. The van der Waals surface area contributed by atoms with Gasteiger partial charge in [0.05, 0.1) is 28.8 Å². The van der Waals surface area contributed by atoms with E-state index in [1.807, 2.05) is 0 Å². The summed E-state index contributed by atoms with van der Waals surface area (Å²) in [5.74, 6) is -1.67. The van der Waals surface area contributed by atoms with Crippen LogP contribution in [0.2, 0.25) is 0 Å². The smallest absolute Gasteiger partial charge is 0.337 e. The zero-order valence-electron chi connectivity index (χ0n) is 18.2. The third kappa shape index (κ3) is 4.39. The number of nitrogens with zero attached hydrogens (tertiary/aromatic N) is 2. The number of alkyl halides is 2. The molecule has 2 N–H and O–H groups in total. The van der Waals surface area contributed by atoms with Crippen molar-refractivity contribution in [3.05, 3.63) is 81.5 Å². The lowest BCUT2D eigenvalue weighted by Crippen LogP contribution is -2.14. The molecule has 4 aromatic rings. The molecule has 0 aliphatic rings. The number of fused-ring (bicyclic) bond motifs is 1. The van der Waals surface area contributed by atoms with E-state index < -0.39 is 36.2 Å². The van der Waals surface area contributed by atoms with Crippen LogP contribution in [0.25, 0.3) is 22.3 Å². The third-order valence-corrected chi connectivity index (χ3v) is 5.43. The normalized spacial score (nSPS) is 12.3. The Kier molecular flexibility index (Phi) is 6.14. The second-order valence-corrected chi connectivity index (χ2v) is 7.82. The van der Waals surface area contributed by atoms with E-state index in [0.29, 0.717) is 11.3 Å². The molecule has 0 aliphatic heterocycles. The first-order chi connectivity index (χ1) is 16.2. The minimum absolute atomic E-state index is 0.0105. The minimum atomic E-state index is -2.60. The Balaban J connectivity index is 1.84. The number of anilines is 1. The molecular weight excluding hydrogens is 451 g/mol. The van der Waals surface area contributed by atoms with Gasteiger partial charge in [0.25, 0.3) is 6.43 Å². The van der Waals surface area contributed by atoms with Crippen molar-refractivity contribution in [2.75, 3.05) is 5.32 Å². The molecule has 2 aromatic heterocycles. The van der Waals surface area contributed by atoms with Gasteiger partial charge in [0.15, 0.2) is 5.43 Å². The molecule has 0 fully saturated rings. The SMILES string of the molecule is Cc1c(-c2cnn(CC(F)F)c2)oc2c([C@@H](C)Nc3ccccc3C(=O)O)cc(F)cc2c1=O. The fraction of sp³-hybridized carbons (Fsp3) is 0.208. The molecule has 0 aliphatic carbocycles. The second-order valence-electron chi connectivity index (χ2n) is 7.82. The third-order valence-electron chi connectivity index (χ3n) is 5.43. The Morgan fingerprint density at radius 3 is 2.71 bits per heavy atom. The van der Waals surface area contributed by atoms with Gasteiger partial charge in [-0.1, -0.05) is 12.1 Å². The maximum atomic E-state index is 14.5. The van der Waals surface area contributed by atoms with Crippen LogP contribution < -0.4 is 10.7 Å². The molecule has 0 spiro atoms. The highest BCUT2D eigenvalue weighted by Gasteiger charge is 2.21. The van der Waals surface area contributed by atoms with E-state index in [1.54, 1.807) is 25.1 Å². The van der Waals surface area contributed by atoms with Gasteiger partial charge in [-0.3, -0.25) is 9.48 Å². The van der Waals surface area contributed by atoms with E-state index in [4.69, 9.17) is 4.42 Å². The van der Waals surface area contributed by atoms with Crippen molar-refractivity contribution in [3.8, 4) is 11.3 Å². The van der Waals surface area contributed by atoms with E-state index in [-0.39, 0.29) is 33.4 Å². The summed E-state index contributed by atoms with van der Waals surface area (Å²) in [5.41, 5.74) is 0.746. The summed E-state index contributed by atoms with van der Waals surface area (Å²) < 4.78 is 47.0. The zero-order chi connectivity index (χ0) is 24.6. The highest BCUT2D eigenvalue weighted by atomic mass is 19.3. The first kappa shape index (κ1) is 23.1. The quantitative estimate of drug-likeness (QED) is 0.383. The lowest BCUT2D eigenvalue weighted by Gasteiger charge is -2.19. The van der Waals surface area contributed by atoms with Crippen molar-refractivity contribution in [2.45, 2.75) is 32.9 Å². The predicted molar refractivity (Wildman–Crippen MR) is 120 cm³/mol. The number of rotatable bonds is 7. The van der Waals surface area contributed by atoms with Crippen LogP contribution in [0.4, 0.5) is 18.9 Å². The van der Waals surface area contributed by atoms with Gasteiger partial charge in [-0.05, 0) is 38.1 Å². The number of halogens is 3. The van der Waals surface area contributed by atoms with Gasteiger partial charge in [-0.25, -0.2) is 18.0 Å². The van der Waals surface area contributed by atoms with Crippen molar-refractivity contribution in [1.82, 2.24) is 9.78 Å². The molecule has 176 valence electrons. The van der Waals surface area contributed by atoms with E-state index >= 15 is 0 Å². The van der Waals surface area contributed by atoms with E-state index in [1.165, 1.54) is 31.5 Å². The van der Waals surface area contributed by atoms with Gasteiger partial charge in [0.1, 0.15) is 23.7 Å². The Morgan fingerprint density at radius 2 is 2.00 bits per heavy atom. The highest BCUT2D eigenvalue weighted by Crippen LogP contribution is 2.32. The number of carbonyl (C=O) groups is 1. The summed E-state index contributed by atoms with van der Waals surface area (Å²) in [6, 6.07) is 7.86. The summed E-state index contributed by atoms with van der Waals surface area (Å²) in [4.78, 5) is 24.6. The van der Waals surface area contributed by atoms with Crippen molar-refractivity contribution < 1.29 is 27.5 Å². The summed E-state index contributed by atoms with van der Waals surface area (Å²) in [7, 11) is 0. The van der Waals surface area contributed by atoms with Crippen LogP contribution in [0, 0.1) is 12.7 Å². The van der Waals surface area contributed by atoms with Crippen molar-refractivity contribution in [3.63, 3.8) is 0 Å². The Hall–Kier alpha value is -4.08. The average Bonchev–Trinajstić information content (AvgIpc) is 3.23. The summed E-state index contributed by atoms with van der Waals surface area (Å²) >= 11 is 0. The van der Waals surface area contributed by atoms with E-state index in [2.05, 4.69) is 10.4 Å². The van der Waals surface area contributed by atoms with Crippen molar-refractivity contribution in [2.24, 2.45) is 0 Å². The number of para-hydroxylation sites is 1. The maximum Gasteiger partial charge on any atom is 0.337 e. The average molecular weight is 471 g/mol. The van der Waals surface area contributed by atoms with Gasteiger partial charge in [0, 0.05) is 23.0 Å². The van der Waals surface area contributed by atoms with Crippen LogP contribution in [-0.4, -0.2) is 27.3 Å². The van der Waals surface area contributed by atoms with Crippen LogP contribution in [0.5, 0.6) is 0 Å². The van der Waals surface area contributed by atoms with Crippen LogP contribution in [0.3, 0.4) is 0 Å². The molecule has 34 heavy (non-hydrogen) atoms. The molecule has 0 radical (unpaired) electrons. The molecule has 0 saturated heterocycles. The van der Waals surface area contributed by atoms with E-state index in [9.17, 15) is 27.9 Å². The molecule has 0 unspecified atom stereocenters. The first-order valence-corrected chi connectivity index (χ1v) is 10.3. The van der Waals surface area contributed by atoms with Gasteiger partial charge < -0.3 is 14.8 Å².